The Morgan fingerprint density at radius 2 is 1.70 bits per heavy atom. The molecule has 4 heteroatoms. The lowest BCUT2D eigenvalue weighted by Crippen LogP contribution is -2.02. The molecular weight excluding hydrogens is 272 g/mol. The predicted molar refractivity (Wildman–Crippen MR) is 80.3 cm³/mol. The van der Waals surface area contributed by atoms with Crippen LogP contribution in [0.4, 0.5) is 0 Å². The van der Waals surface area contributed by atoms with Gasteiger partial charge < -0.3 is 4.74 Å². The molecule has 0 fully saturated rings. The molecule has 0 unspecified atom stereocenters. The lowest BCUT2D eigenvalue weighted by Gasteiger charge is -2.07. The second kappa shape index (κ2) is 6.39. The average molecular weight is 286 g/mol. The van der Waals surface area contributed by atoms with Gasteiger partial charge in [0.15, 0.2) is 0 Å². The molecule has 0 radical (unpaired) electrons. The van der Waals surface area contributed by atoms with Crippen molar-refractivity contribution in [2.45, 2.75) is 6.42 Å². The van der Waals surface area contributed by atoms with E-state index in [2.05, 4.69) is 17.4 Å². The summed E-state index contributed by atoms with van der Waals surface area (Å²) in [6, 6.07) is 14.5. The molecule has 0 atom stereocenters. The number of thiol groups is 1. The van der Waals surface area contributed by atoms with Crippen LogP contribution in [0.5, 0.6) is 0 Å². The first-order valence-electron chi connectivity index (χ1n) is 6.10. The van der Waals surface area contributed by atoms with Gasteiger partial charge in [-0.1, -0.05) is 36.4 Å². The monoisotopic (exact) mass is 286 g/mol. The minimum Gasteiger partial charge on any atom is -0.465 e. The third kappa shape index (κ3) is 3.27. The van der Waals surface area contributed by atoms with Gasteiger partial charge in [0.2, 0.25) is 5.12 Å². The Hall–Kier alpha value is -2.07. The van der Waals surface area contributed by atoms with Crippen molar-refractivity contribution >= 4 is 23.7 Å². The van der Waals surface area contributed by atoms with Crippen molar-refractivity contribution in [2.75, 3.05) is 7.11 Å². The third-order valence-corrected chi connectivity index (χ3v) is 3.26. The van der Waals surface area contributed by atoms with Gasteiger partial charge >= 0.3 is 5.97 Å². The zero-order chi connectivity index (χ0) is 14.5. The highest BCUT2D eigenvalue weighted by atomic mass is 32.1. The Balaban J connectivity index is 2.23. The first-order chi connectivity index (χ1) is 9.61. The Bertz CT molecular complexity index is 632. The normalized spacial score (nSPS) is 10.1. The first-order valence-corrected chi connectivity index (χ1v) is 6.55. The Kier molecular flexibility index (Phi) is 4.58. The Morgan fingerprint density at radius 1 is 1.05 bits per heavy atom. The summed E-state index contributed by atoms with van der Waals surface area (Å²) in [5.74, 6) is -0.359. The highest BCUT2D eigenvalue weighted by Gasteiger charge is 2.09. The summed E-state index contributed by atoms with van der Waals surface area (Å²) in [6.45, 7) is 0. The zero-order valence-electron chi connectivity index (χ0n) is 11.0. The Morgan fingerprint density at radius 3 is 2.30 bits per heavy atom. The van der Waals surface area contributed by atoms with E-state index in [1.54, 1.807) is 18.2 Å². The van der Waals surface area contributed by atoms with Crippen molar-refractivity contribution in [3.05, 3.63) is 70.8 Å². The van der Waals surface area contributed by atoms with E-state index in [0.29, 0.717) is 17.5 Å². The summed E-state index contributed by atoms with van der Waals surface area (Å²) in [4.78, 5) is 22.8. The van der Waals surface area contributed by atoms with Crippen molar-refractivity contribution in [3.8, 4) is 0 Å². The van der Waals surface area contributed by atoms with Gasteiger partial charge in [-0.3, -0.25) is 4.79 Å². The van der Waals surface area contributed by atoms with E-state index >= 15 is 0 Å². The van der Waals surface area contributed by atoms with Crippen molar-refractivity contribution in [1.29, 1.82) is 0 Å². The number of hydrogen-bond donors (Lipinski definition) is 1. The number of rotatable bonds is 4. The zero-order valence-corrected chi connectivity index (χ0v) is 11.9. The van der Waals surface area contributed by atoms with Crippen LogP contribution < -0.4 is 0 Å². The molecular formula is C16H14O3S. The van der Waals surface area contributed by atoms with Crippen LogP contribution >= 0.6 is 12.6 Å². The van der Waals surface area contributed by atoms with E-state index in [0.717, 1.165) is 11.1 Å². The van der Waals surface area contributed by atoms with Crippen LogP contribution in [0.25, 0.3) is 0 Å². The molecule has 0 N–H and O–H groups in total. The lowest BCUT2D eigenvalue weighted by atomic mass is 9.99. The standard InChI is InChI=1S/C16H14O3S/c1-19-15(17)12-8-6-11(7-9-12)10-13-4-2-3-5-14(13)16(18)20/h2-9H,10H2,1H3,(H,18,20). The third-order valence-electron chi connectivity index (χ3n) is 3.02. The van der Waals surface area contributed by atoms with E-state index in [1.807, 2.05) is 30.3 Å². The molecule has 0 heterocycles. The van der Waals surface area contributed by atoms with Crippen LogP contribution in [0, 0.1) is 0 Å². The van der Waals surface area contributed by atoms with Crippen molar-refractivity contribution < 1.29 is 14.3 Å². The molecule has 0 spiro atoms. The molecule has 0 aliphatic heterocycles. The molecule has 0 saturated heterocycles. The van der Waals surface area contributed by atoms with Crippen molar-refractivity contribution in [2.24, 2.45) is 0 Å². The summed E-state index contributed by atoms with van der Waals surface area (Å²) < 4.78 is 4.65. The fourth-order valence-corrected chi connectivity index (χ4v) is 2.20. The minimum absolute atomic E-state index is 0.244. The maximum atomic E-state index is 11.4. The fraction of sp³-hybridized carbons (Fsp3) is 0.125. The van der Waals surface area contributed by atoms with E-state index < -0.39 is 0 Å². The molecule has 0 aromatic heterocycles. The average Bonchev–Trinajstić information content (AvgIpc) is 2.47. The van der Waals surface area contributed by atoms with E-state index in [-0.39, 0.29) is 11.1 Å². The Labute approximate surface area is 123 Å². The maximum Gasteiger partial charge on any atom is 0.337 e. The van der Waals surface area contributed by atoms with Crippen LogP contribution in [-0.2, 0) is 11.2 Å². The minimum atomic E-state index is -0.359. The van der Waals surface area contributed by atoms with Gasteiger partial charge in [0, 0.05) is 5.56 Å². The highest BCUT2D eigenvalue weighted by Crippen LogP contribution is 2.17. The summed E-state index contributed by atoms with van der Waals surface area (Å²) in [5, 5.41) is -0.244. The molecule has 102 valence electrons. The molecule has 3 nitrogen and oxygen atoms in total. The van der Waals surface area contributed by atoms with Crippen molar-refractivity contribution in [1.82, 2.24) is 0 Å². The molecule has 2 aromatic rings. The topological polar surface area (TPSA) is 43.4 Å². The van der Waals surface area contributed by atoms with Crippen LogP contribution in [0.15, 0.2) is 48.5 Å². The number of carbonyl (C=O) groups is 2. The molecule has 0 aliphatic carbocycles. The quantitative estimate of drug-likeness (QED) is 0.693. The van der Waals surface area contributed by atoms with Gasteiger partial charge in [-0.05, 0) is 29.7 Å². The smallest absolute Gasteiger partial charge is 0.337 e. The number of esters is 1. The molecule has 2 rings (SSSR count). The largest absolute Gasteiger partial charge is 0.465 e. The van der Waals surface area contributed by atoms with Crippen LogP contribution in [0.3, 0.4) is 0 Å². The maximum absolute atomic E-state index is 11.4. The highest BCUT2D eigenvalue weighted by molar-refractivity contribution is 7.97. The van der Waals surface area contributed by atoms with Gasteiger partial charge in [-0.2, -0.15) is 0 Å². The summed E-state index contributed by atoms with van der Waals surface area (Å²) >= 11 is 3.88. The number of ether oxygens (including phenoxy) is 1. The molecule has 0 bridgehead atoms. The van der Waals surface area contributed by atoms with Gasteiger partial charge in [-0.25, -0.2) is 4.79 Å². The van der Waals surface area contributed by atoms with E-state index in [9.17, 15) is 9.59 Å². The second-order valence-electron chi connectivity index (χ2n) is 4.33. The number of carbonyl (C=O) groups excluding carboxylic acids is 2. The summed E-state index contributed by atoms with van der Waals surface area (Å²) in [7, 11) is 1.35. The molecule has 2 aromatic carbocycles. The predicted octanol–water partition coefficient (Wildman–Crippen LogP) is 3.13. The number of methoxy groups -OCH3 is 1. The first kappa shape index (κ1) is 14.3. The molecule has 0 saturated carbocycles. The second-order valence-corrected chi connectivity index (χ2v) is 4.73. The van der Waals surface area contributed by atoms with Crippen LogP contribution in [-0.4, -0.2) is 18.2 Å². The van der Waals surface area contributed by atoms with Crippen LogP contribution in [0.2, 0.25) is 0 Å². The fourth-order valence-electron chi connectivity index (χ4n) is 1.98. The summed E-state index contributed by atoms with van der Waals surface area (Å²) in [5.41, 5.74) is 3.04. The van der Waals surface area contributed by atoms with Gasteiger partial charge in [0.25, 0.3) is 0 Å². The van der Waals surface area contributed by atoms with Crippen molar-refractivity contribution in [3.63, 3.8) is 0 Å². The lowest BCUT2D eigenvalue weighted by molar-refractivity contribution is 0.0600. The molecule has 0 aliphatic rings. The number of hydrogen-bond acceptors (Lipinski definition) is 3. The summed E-state index contributed by atoms with van der Waals surface area (Å²) in [6.07, 6.45) is 0.615. The van der Waals surface area contributed by atoms with E-state index in [4.69, 9.17) is 0 Å². The molecule has 0 amide bonds. The van der Waals surface area contributed by atoms with E-state index in [1.165, 1.54) is 7.11 Å². The van der Waals surface area contributed by atoms with Crippen LogP contribution in [0.1, 0.15) is 31.8 Å². The SMILES string of the molecule is COC(=O)c1ccc(Cc2ccccc2C(=O)S)cc1. The molecule has 20 heavy (non-hydrogen) atoms. The van der Waals surface area contributed by atoms with Gasteiger partial charge in [-0.15, -0.1) is 12.6 Å². The van der Waals surface area contributed by atoms with Gasteiger partial charge in [0.05, 0.1) is 12.7 Å². The number of benzene rings is 2. The van der Waals surface area contributed by atoms with Gasteiger partial charge in [0.1, 0.15) is 0 Å².